The van der Waals surface area contributed by atoms with E-state index in [0.29, 0.717) is 11.4 Å². The van der Waals surface area contributed by atoms with Crippen LogP contribution in [0.2, 0.25) is 0 Å². The summed E-state index contributed by atoms with van der Waals surface area (Å²) in [5, 5.41) is 7.52. The zero-order chi connectivity index (χ0) is 14.6. The van der Waals surface area contributed by atoms with Crippen molar-refractivity contribution in [3.8, 4) is 0 Å². The Morgan fingerprint density at radius 2 is 2.16 bits per heavy atom. The molecule has 0 spiro atoms. The monoisotopic (exact) mass is 324 g/mol. The highest BCUT2D eigenvalue weighted by molar-refractivity contribution is 7.91. The molecule has 19 heavy (non-hydrogen) atoms. The Balaban J connectivity index is 2.54. The summed E-state index contributed by atoms with van der Waals surface area (Å²) >= 11 is 0.975. The molecule has 0 fully saturated rings. The first-order valence-electron chi connectivity index (χ1n) is 5.40. The van der Waals surface area contributed by atoms with E-state index in [0.717, 1.165) is 11.3 Å². The predicted molar refractivity (Wildman–Crippen MR) is 75.9 cm³/mol. The third kappa shape index (κ3) is 5.39. The van der Waals surface area contributed by atoms with Crippen LogP contribution in [0.4, 0.5) is 0 Å². The summed E-state index contributed by atoms with van der Waals surface area (Å²) in [5.41, 5.74) is 0. The molecule has 0 aromatic carbocycles. The SMILES string of the molecule is CC(CNC(=O)Cc1ccc(S(N)(=O)=O)s1)S(C)=O. The van der Waals surface area contributed by atoms with Crippen LogP contribution >= 0.6 is 11.3 Å². The van der Waals surface area contributed by atoms with Gasteiger partial charge in [0.05, 0.1) is 6.42 Å². The van der Waals surface area contributed by atoms with Gasteiger partial charge in [0.15, 0.2) is 0 Å². The van der Waals surface area contributed by atoms with Crippen LogP contribution in [0.5, 0.6) is 0 Å². The Kier molecular flexibility index (Phi) is 5.65. The zero-order valence-electron chi connectivity index (χ0n) is 10.6. The fourth-order valence-corrected chi connectivity index (χ4v) is 3.30. The Hall–Kier alpha value is -0.770. The number of thiophene rings is 1. The van der Waals surface area contributed by atoms with Gasteiger partial charge in [-0.15, -0.1) is 11.3 Å². The van der Waals surface area contributed by atoms with Crippen LogP contribution in [-0.4, -0.2) is 36.6 Å². The van der Waals surface area contributed by atoms with Crippen molar-refractivity contribution in [3.63, 3.8) is 0 Å². The lowest BCUT2D eigenvalue weighted by Gasteiger charge is -2.09. The van der Waals surface area contributed by atoms with Crippen molar-refractivity contribution in [1.82, 2.24) is 5.32 Å². The van der Waals surface area contributed by atoms with Gasteiger partial charge in [-0.25, -0.2) is 13.6 Å². The molecular weight excluding hydrogens is 308 g/mol. The smallest absolute Gasteiger partial charge is 0.247 e. The number of sulfonamides is 1. The van der Waals surface area contributed by atoms with E-state index in [9.17, 15) is 17.4 Å². The number of rotatable bonds is 6. The summed E-state index contributed by atoms with van der Waals surface area (Å²) in [4.78, 5) is 12.2. The maximum Gasteiger partial charge on any atom is 0.247 e. The fraction of sp³-hybridized carbons (Fsp3) is 0.500. The first-order valence-corrected chi connectivity index (χ1v) is 9.39. The highest BCUT2D eigenvalue weighted by Gasteiger charge is 2.14. The van der Waals surface area contributed by atoms with E-state index >= 15 is 0 Å². The molecule has 1 heterocycles. The maximum atomic E-state index is 11.6. The topological polar surface area (TPSA) is 106 Å². The van der Waals surface area contributed by atoms with Gasteiger partial charge in [-0.3, -0.25) is 9.00 Å². The van der Waals surface area contributed by atoms with Gasteiger partial charge >= 0.3 is 0 Å². The lowest BCUT2D eigenvalue weighted by atomic mass is 10.3. The number of hydrogen-bond acceptors (Lipinski definition) is 5. The second-order valence-corrected chi connectivity index (χ2v) is 8.81. The molecule has 2 unspecified atom stereocenters. The van der Waals surface area contributed by atoms with E-state index in [1.165, 1.54) is 6.07 Å². The molecule has 0 radical (unpaired) electrons. The first-order chi connectivity index (χ1) is 8.70. The van der Waals surface area contributed by atoms with Gasteiger partial charge in [0.2, 0.25) is 15.9 Å². The lowest BCUT2D eigenvalue weighted by molar-refractivity contribution is -0.120. The van der Waals surface area contributed by atoms with Crippen LogP contribution in [0.25, 0.3) is 0 Å². The average molecular weight is 324 g/mol. The summed E-state index contributed by atoms with van der Waals surface area (Å²) in [6.07, 6.45) is 1.66. The van der Waals surface area contributed by atoms with Crippen LogP contribution in [0.15, 0.2) is 16.3 Å². The minimum atomic E-state index is -3.71. The standard InChI is InChI=1S/C10H16N2O4S3/c1-7(18(2)14)6-12-9(13)5-8-3-4-10(17-8)19(11,15)16/h3-4,7H,5-6H2,1-2H3,(H,12,13)(H2,11,15,16). The van der Waals surface area contributed by atoms with Crippen molar-refractivity contribution >= 4 is 38.1 Å². The van der Waals surface area contributed by atoms with Gasteiger partial charge in [-0.1, -0.05) is 0 Å². The van der Waals surface area contributed by atoms with Crippen LogP contribution < -0.4 is 10.5 Å². The van der Waals surface area contributed by atoms with Crippen LogP contribution in [0.3, 0.4) is 0 Å². The van der Waals surface area contributed by atoms with E-state index in [2.05, 4.69) is 5.32 Å². The van der Waals surface area contributed by atoms with Crippen molar-refractivity contribution in [3.05, 3.63) is 17.0 Å². The van der Waals surface area contributed by atoms with Crippen LogP contribution in [0.1, 0.15) is 11.8 Å². The van der Waals surface area contributed by atoms with Gasteiger partial charge in [0.25, 0.3) is 0 Å². The number of primary sulfonamides is 1. The first kappa shape index (κ1) is 16.3. The van der Waals surface area contributed by atoms with E-state index in [1.54, 1.807) is 19.2 Å². The molecule has 0 bridgehead atoms. The molecule has 2 atom stereocenters. The van der Waals surface area contributed by atoms with Crippen molar-refractivity contribution in [2.75, 3.05) is 12.8 Å². The molecular formula is C10H16N2O4S3. The second kappa shape index (κ2) is 6.60. The zero-order valence-corrected chi connectivity index (χ0v) is 13.0. The number of nitrogens with one attached hydrogen (secondary N) is 1. The van der Waals surface area contributed by atoms with Gasteiger partial charge in [0, 0.05) is 33.7 Å². The minimum Gasteiger partial charge on any atom is -0.355 e. The van der Waals surface area contributed by atoms with Gasteiger partial charge in [-0.2, -0.15) is 0 Å². The van der Waals surface area contributed by atoms with E-state index in [1.807, 2.05) is 0 Å². The summed E-state index contributed by atoms with van der Waals surface area (Å²) < 4.78 is 33.3. The maximum absolute atomic E-state index is 11.6. The number of amides is 1. The summed E-state index contributed by atoms with van der Waals surface area (Å²) in [7, 11) is -4.70. The fourth-order valence-electron chi connectivity index (χ4n) is 1.20. The molecule has 3 N–H and O–H groups in total. The summed E-state index contributed by atoms with van der Waals surface area (Å²) in [6.45, 7) is 2.11. The minimum absolute atomic E-state index is 0.0401. The Morgan fingerprint density at radius 1 is 1.53 bits per heavy atom. The molecule has 1 aromatic rings. The number of carbonyl (C=O) groups excluding carboxylic acids is 1. The summed E-state index contributed by atoms with van der Waals surface area (Å²) in [6, 6.07) is 2.94. The molecule has 0 aliphatic heterocycles. The molecule has 1 aromatic heterocycles. The van der Waals surface area contributed by atoms with Crippen molar-refractivity contribution in [1.29, 1.82) is 0 Å². The second-order valence-electron chi connectivity index (χ2n) is 4.06. The van der Waals surface area contributed by atoms with Crippen LogP contribution in [0, 0.1) is 0 Å². The number of nitrogens with two attached hydrogens (primary N) is 1. The molecule has 1 amide bonds. The third-order valence-electron chi connectivity index (χ3n) is 2.41. The van der Waals surface area contributed by atoms with Gasteiger partial charge in [0.1, 0.15) is 4.21 Å². The van der Waals surface area contributed by atoms with E-state index in [4.69, 9.17) is 5.14 Å². The van der Waals surface area contributed by atoms with Crippen molar-refractivity contribution < 1.29 is 17.4 Å². The Morgan fingerprint density at radius 3 is 2.63 bits per heavy atom. The molecule has 6 nitrogen and oxygen atoms in total. The highest BCUT2D eigenvalue weighted by Crippen LogP contribution is 2.20. The lowest BCUT2D eigenvalue weighted by Crippen LogP contribution is -2.33. The number of carbonyl (C=O) groups is 1. The van der Waals surface area contributed by atoms with Crippen molar-refractivity contribution in [2.45, 2.75) is 22.8 Å². The van der Waals surface area contributed by atoms with E-state index in [-0.39, 0.29) is 21.8 Å². The molecule has 0 aliphatic rings. The normalized spacial score (nSPS) is 14.9. The predicted octanol–water partition coefficient (Wildman–Crippen LogP) is -0.179. The molecule has 9 heteroatoms. The largest absolute Gasteiger partial charge is 0.355 e. The summed E-state index contributed by atoms with van der Waals surface area (Å²) in [5.74, 6) is -0.236. The quantitative estimate of drug-likeness (QED) is 0.757. The number of hydrogen-bond donors (Lipinski definition) is 2. The molecule has 0 saturated carbocycles. The Labute approximate surface area is 118 Å². The highest BCUT2D eigenvalue weighted by atomic mass is 32.2. The van der Waals surface area contributed by atoms with Gasteiger partial charge in [-0.05, 0) is 19.1 Å². The Bertz CT molecular complexity index is 579. The van der Waals surface area contributed by atoms with Crippen LogP contribution in [-0.2, 0) is 32.0 Å². The van der Waals surface area contributed by atoms with Crippen molar-refractivity contribution in [2.24, 2.45) is 5.14 Å². The molecule has 1 rings (SSSR count). The average Bonchev–Trinajstić information content (AvgIpc) is 2.73. The van der Waals surface area contributed by atoms with E-state index < -0.39 is 20.8 Å². The molecule has 108 valence electrons. The molecule has 0 aliphatic carbocycles. The third-order valence-corrected chi connectivity index (χ3v) is 6.23. The molecule has 0 saturated heterocycles. The van der Waals surface area contributed by atoms with Gasteiger partial charge < -0.3 is 5.32 Å².